The Kier molecular flexibility index (Phi) is 5.84. The molecule has 2 rings (SSSR count). The maximum atomic E-state index is 12.9. The number of carbonyl (C=O) groups is 1. The number of nitrogens with zero attached hydrogens (tertiary/aromatic N) is 2. The Bertz CT molecular complexity index is 695. The van der Waals surface area contributed by atoms with Crippen LogP contribution in [-0.4, -0.2) is 77.5 Å². The van der Waals surface area contributed by atoms with Crippen LogP contribution in [0.5, 0.6) is 5.75 Å². The quantitative estimate of drug-likeness (QED) is 0.733. The molecule has 0 saturated carbocycles. The minimum absolute atomic E-state index is 0.0571. The highest BCUT2D eigenvalue weighted by Crippen LogP contribution is 2.27. The summed E-state index contributed by atoms with van der Waals surface area (Å²) in [7, 11) is 1.33. The molecule has 0 unspecified atom stereocenters. The van der Waals surface area contributed by atoms with Crippen molar-refractivity contribution in [2.24, 2.45) is 0 Å². The lowest BCUT2D eigenvalue weighted by atomic mass is 10.2. The molecule has 1 saturated heterocycles. The molecule has 134 valence electrons. The monoisotopic (exact) mass is 356 g/mol. The van der Waals surface area contributed by atoms with Crippen molar-refractivity contribution in [3.63, 3.8) is 0 Å². The number of aryl methyl sites for hydroxylation is 1. The molecule has 0 spiro atoms. The van der Waals surface area contributed by atoms with Crippen LogP contribution >= 0.6 is 0 Å². The van der Waals surface area contributed by atoms with Gasteiger partial charge in [-0.1, -0.05) is 6.07 Å². The van der Waals surface area contributed by atoms with Crippen molar-refractivity contribution in [1.29, 1.82) is 0 Å². The fraction of sp³-hybridized carbons (Fsp3) is 0.562. The highest BCUT2D eigenvalue weighted by atomic mass is 32.2. The van der Waals surface area contributed by atoms with E-state index in [-0.39, 0.29) is 10.8 Å². The predicted molar refractivity (Wildman–Crippen MR) is 90.7 cm³/mol. The van der Waals surface area contributed by atoms with Crippen molar-refractivity contribution in [1.82, 2.24) is 9.21 Å². The number of likely N-dealkylation sites (N-methyl/N-ethyl adjacent to an activating group) is 1. The second-order valence-corrected chi connectivity index (χ2v) is 8.18. The Balaban J connectivity index is 2.11. The maximum Gasteiger partial charge on any atom is 0.277 e. The normalized spacial score (nSPS) is 16.8. The van der Waals surface area contributed by atoms with E-state index in [2.05, 4.69) is 0 Å². The molecule has 7 nitrogen and oxygen atoms in total. The number of carbonyl (C=O) groups excluding carboxylic acids is 1. The zero-order valence-electron chi connectivity index (χ0n) is 14.7. The van der Waals surface area contributed by atoms with E-state index in [1.54, 1.807) is 31.1 Å². The number of nitrogens with one attached hydrogen (secondary N) is 1. The Labute approximate surface area is 143 Å². The van der Waals surface area contributed by atoms with Gasteiger partial charge >= 0.3 is 0 Å². The van der Waals surface area contributed by atoms with Crippen molar-refractivity contribution in [2.45, 2.75) is 11.8 Å². The molecule has 8 heteroatoms. The first-order chi connectivity index (χ1) is 11.3. The van der Waals surface area contributed by atoms with Crippen LogP contribution in [0.4, 0.5) is 0 Å². The van der Waals surface area contributed by atoms with Crippen LogP contribution in [0.1, 0.15) is 5.56 Å². The SMILES string of the molecule is COc1ccc(C)cc1S(=O)(=O)N1CC[NH+](CC(=O)N(C)C)CC1. The third-order valence-electron chi connectivity index (χ3n) is 4.27. The second kappa shape index (κ2) is 7.50. The number of benzene rings is 1. The van der Waals surface area contributed by atoms with Gasteiger partial charge in [0.2, 0.25) is 10.0 Å². The number of quaternary nitrogens is 1. The van der Waals surface area contributed by atoms with Crippen molar-refractivity contribution in [2.75, 3.05) is 53.9 Å². The summed E-state index contributed by atoms with van der Waals surface area (Å²) < 4.78 is 32.5. The number of sulfonamides is 1. The van der Waals surface area contributed by atoms with Crippen LogP contribution in [0.25, 0.3) is 0 Å². The van der Waals surface area contributed by atoms with Crippen molar-refractivity contribution < 1.29 is 22.8 Å². The molecular formula is C16H26N3O4S+. The number of piperazine rings is 1. The van der Waals surface area contributed by atoms with Gasteiger partial charge in [-0.25, -0.2) is 8.42 Å². The third-order valence-corrected chi connectivity index (χ3v) is 6.19. The Morgan fingerprint density at radius 2 is 1.92 bits per heavy atom. The first-order valence-electron chi connectivity index (χ1n) is 7.94. The molecule has 0 radical (unpaired) electrons. The van der Waals surface area contributed by atoms with E-state index in [4.69, 9.17) is 4.74 Å². The average molecular weight is 356 g/mol. The molecule has 0 bridgehead atoms. The van der Waals surface area contributed by atoms with E-state index >= 15 is 0 Å². The molecule has 1 aliphatic heterocycles. The van der Waals surface area contributed by atoms with Gasteiger partial charge in [-0.2, -0.15) is 4.31 Å². The Morgan fingerprint density at radius 3 is 2.46 bits per heavy atom. The van der Waals surface area contributed by atoms with Gasteiger partial charge in [-0.15, -0.1) is 0 Å². The summed E-state index contributed by atoms with van der Waals surface area (Å²) in [4.78, 5) is 14.7. The van der Waals surface area contributed by atoms with E-state index in [9.17, 15) is 13.2 Å². The fourth-order valence-electron chi connectivity index (χ4n) is 2.72. The van der Waals surface area contributed by atoms with Crippen LogP contribution in [0, 0.1) is 6.92 Å². The van der Waals surface area contributed by atoms with Gasteiger partial charge in [0.1, 0.15) is 10.6 Å². The zero-order chi connectivity index (χ0) is 17.9. The average Bonchev–Trinajstić information content (AvgIpc) is 2.55. The molecule has 1 aromatic carbocycles. The van der Waals surface area contributed by atoms with Crippen LogP contribution in [0.15, 0.2) is 23.1 Å². The predicted octanol–water partition coefficient (Wildman–Crippen LogP) is -1.02. The fourth-order valence-corrected chi connectivity index (χ4v) is 4.40. The first kappa shape index (κ1) is 18.7. The van der Waals surface area contributed by atoms with E-state index in [1.807, 2.05) is 13.0 Å². The Morgan fingerprint density at radius 1 is 1.29 bits per heavy atom. The molecule has 1 N–H and O–H groups in total. The molecule has 1 heterocycles. The van der Waals surface area contributed by atoms with Gasteiger partial charge < -0.3 is 14.5 Å². The second-order valence-electron chi connectivity index (χ2n) is 6.27. The molecule has 0 aromatic heterocycles. The molecule has 1 amide bonds. The minimum Gasteiger partial charge on any atom is -0.495 e. The first-order valence-corrected chi connectivity index (χ1v) is 9.38. The summed E-state index contributed by atoms with van der Waals surface area (Å²) in [5, 5.41) is 0. The standard InChI is InChI=1S/C16H25N3O4S/c1-13-5-6-14(23-4)15(11-13)24(21,22)19-9-7-18(8-10-19)12-16(20)17(2)3/h5-6,11H,7-10,12H2,1-4H3/p+1. The Hall–Kier alpha value is -1.64. The topological polar surface area (TPSA) is 71.4 Å². The maximum absolute atomic E-state index is 12.9. The largest absolute Gasteiger partial charge is 0.495 e. The van der Waals surface area contributed by atoms with Crippen LogP contribution in [-0.2, 0) is 14.8 Å². The number of rotatable bonds is 5. The van der Waals surface area contributed by atoms with Crippen molar-refractivity contribution >= 4 is 15.9 Å². The van der Waals surface area contributed by atoms with E-state index in [1.165, 1.54) is 11.4 Å². The summed E-state index contributed by atoms with van der Waals surface area (Å²) in [6, 6.07) is 5.15. The zero-order valence-corrected chi connectivity index (χ0v) is 15.5. The van der Waals surface area contributed by atoms with E-state index in [0.717, 1.165) is 10.5 Å². The van der Waals surface area contributed by atoms with Crippen LogP contribution in [0.2, 0.25) is 0 Å². The molecule has 0 aliphatic carbocycles. The lowest BCUT2D eigenvalue weighted by Crippen LogP contribution is -3.15. The number of ether oxygens (including phenoxy) is 1. The van der Waals surface area contributed by atoms with Crippen LogP contribution < -0.4 is 9.64 Å². The lowest BCUT2D eigenvalue weighted by molar-refractivity contribution is -0.895. The molecule has 24 heavy (non-hydrogen) atoms. The molecular weight excluding hydrogens is 330 g/mol. The van der Waals surface area contributed by atoms with Crippen molar-refractivity contribution in [3.05, 3.63) is 23.8 Å². The number of methoxy groups -OCH3 is 1. The smallest absolute Gasteiger partial charge is 0.277 e. The van der Waals surface area contributed by atoms with E-state index < -0.39 is 10.0 Å². The molecule has 1 fully saturated rings. The summed E-state index contributed by atoms with van der Waals surface area (Å²) in [5.74, 6) is 0.417. The number of amides is 1. The van der Waals surface area contributed by atoms with E-state index in [0.29, 0.717) is 38.5 Å². The number of hydrogen-bond acceptors (Lipinski definition) is 4. The summed E-state index contributed by atoms with van der Waals surface area (Å²) in [6.45, 7) is 4.28. The lowest BCUT2D eigenvalue weighted by Gasteiger charge is -2.31. The van der Waals surface area contributed by atoms with Gasteiger partial charge in [-0.05, 0) is 24.6 Å². The molecule has 1 aromatic rings. The minimum atomic E-state index is -3.60. The van der Waals surface area contributed by atoms with Gasteiger partial charge in [0.25, 0.3) is 5.91 Å². The highest BCUT2D eigenvalue weighted by molar-refractivity contribution is 7.89. The third kappa shape index (κ3) is 4.06. The van der Waals surface area contributed by atoms with Gasteiger partial charge in [0, 0.05) is 14.1 Å². The van der Waals surface area contributed by atoms with Gasteiger partial charge in [-0.3, -0.25) is 4.79 Å². The van der Waals surface area contributed by atoms with Gasteiger partial charge in [0.05, 0.1) is 33.3 Å². The highest BCUT2D eigenvalue weighted by Gasteiger charge is 2.33. The summed E-state index contributed by atoms with van der Waals surface area (Å²) in [6.07, 6.45) is 0. The summed E-state index contributed by atoms with van der Waals surface area (Å²) in [5.41, 5.74) is 0.871. The van der Waals surface area contributed by atoms with Crippen LogP contribution in [0.3, 0.4) is 0 Å². The molecule has 0 atom stereocenters. The summed E-state index contributed by atoms with van der Waals surface area (Å²) >= 11 is 0. The molecule has 1 aliphatic rings. The van der Waals surface area contributed by atoms with Crippen molar-refractivity contribution in [3.8, 4) is 5.75 Å². The van der Waals surface area contributed by atoms with Gasteiger partial charge in [0.15, 0.2) is 6.54 Å². The number of hydrogen-bond donors (Lipinski definition) is 1.